The van der Waals surface area contributed by atoms with Crippen LogP contribution in [0.25, 0.3) is 110 Å². The highest BCUT2D eigenvalue weighted by Gasteiger charge is 2.35. The van der Waals surface area contributed by atoms with E-state index in [1.807, 2.05) is 0 Å². The first-order valence-electron chi connectivity index (χ1n) is 20.4. The molecule has 276 valence electrons. The fourth-order valence-corrected chi connectivity index (χ4v) is 9.75. The highest BCUT2D eigenvalue weighted by atomic mass is 15.0. The molecule has 1 aliphatic rings. The quantitative estimate of drug-likeness (QED) is 0.168. The highest BCUT2D eigenvalue weighted by Crippen LogP contribution is 2.50. The van der Waals surface area contributed by atoms with Gasteiger partial charge >= 0.3 is 0 Å². The molecule has 0 unspecified atom stereocenters. The van der Waals surface area contributed by atoms with Crippen molar-refractivity contribution in [2.45, 2.75) is 19.3 Å². The molecule has 1 aliphatic carbocycles. The van der Waals surface area contributed by atoms with Gasteiger partial charge in [-0.3, -0.25) is 0 Å². The van der Waals surface area contributed by atoms with Gasteiger partial charge in [0, 0.05) is 22.1 Å². The van der Waals surface area contributed by atoms with E-state index in [0.29, 0.717) is 17.5 Å². The minimum Gasteiger partial charge on any atom is -0.208 e. The molecule has 0 atom stereocenters. The van der Waals surface area contributed by atoms with Gasteiger partial charge in [-0.1, -0.05) is 178 Å². The average molecular weight is 752 g/mol. The molecular weight excluding hydrogens is 715 g/mol. The van der Waals surface area contributed by atoms with Gasteiger partial charge in [0.25, 0.3) is 0 Å². The van der Waals surface area contributed by atoms with E-state index >= 15 is 0 Å². The number of benzene rings is 10. The first-order chi connectivity index (χ1) is 29.0. The average Bonchev–Trinajstić information content (AvgIpc) is 3.53. The Balaban J connectivity index is 1.11. The summed E-state index contributed by atoms with van der Waals surface area (Å²) in [5, 5.41) is 11.5. The zero-order valence-electron chi connectivity index (χ0n) is 32.7. The third kappa shape index (κ3) is 5.18. The van der Waals surface area contributed by atoms with E-state index in [0.717, 1.165) is 54.6 Å². The van der Waals surface area contributed by atoms with Crippen molar-refractivity contribution in [3.63, 3.8) is 0 Å². The summed E-state index contributed by atoms with van der Waals surface area (Å²) in [4.78, 5) is 16.2. The molecule has 12 rings (SSSR count). The smallest absolute Gasteiger partial charge is 0.164 e. The molecule has 1 aromatic heterocycles. The molecule has 0 spiro atoms. The molecule has 0 fully saturated rings. The molecule has 59 heavy (non-hydrogen) atoms. The Morgan fingerprint density at radius 1 is 0.288 bits per heavy atom. The zero-order valence-corrected chi connectivity index (χ0v) is 32.7. The molecule has 0 saturated heterocycles. The van der Waals surface area contributed by atoms with Crippen LogP contribution in [-0.2, 0) is 5.41 Å². The lowest BCUT2D eigenvalue weighted by atomic mass is 9.81. The molecule has 0 radical (unpaired) electrons. The standard InChI is InChI=1S/C56H37N3/c1-56(2)51-25-12-11-23-45(51)46-29-28-36(33-52(46)56)35-27-26-34-16-13-24-47(48(34)30-35)53-57-54(49-31-37-14-3-5-17-39(37)41-19-7-9-21-43(41)49)59-55(58-53)50-32-38-15-4-6-18-40(38)42-20-8-10-22-44(42)50/h3-33H,1-2H3. The van der Waals surface area contributed by atoms with Crippen molar-refractivity contribution in [1.29, 1.82) is 0 Å². The summed E-state index contributed by atoms with van der Waals surface area (Å²) in [6.07, 6.45) is 0. The highest BCUT2D eigenvalue weighted by molar-refractivity contribution is 6.15. The van der Waals surface area contributed by atoms with Crippen molar-refractivity contribution in [3.8, 4) is 56.4 Å². The minimum atomic E-state index is -0.0818. The van der Waals surface area contributed by atoms with Crippen LogP contribution in [0.2, 0.25) is 0 Å². The first kappa shape index (κ1) is 33.6. The van der Waals surface area contributed by atoms with Crippen LogP contribution in [0.15, 0.2) is 188 Å². The van der Waals surface area contributed by atoms with Crippen LogP contribution in [0.4, 0.5) is 0 Å². The van der Waals surface area contributed by atoms with Crippen LogP contribution >= 0.6 is 0 Å². The summed E-state index contributed by atoms with van der Waals surface area (Å²) in [7, 11) is 0. The van der Waals surface area contributed by atoms with Gasteiger partial charge < -0.3 is 0 Å². The SMILES string of the molecule is CC1(C)c2ccccc2-c2ccc(-c3ccc4cccc(-c5nc(-c6cc7ccccc7c7ccccc67)nc(-c6cc7ccccc7c7ccccc67)n5)c4c3)cc21. The molecule has 3 heteroatoms. The Hall–Kier alpha value is -7.49. The fourth-order valence-electron chi connectivity index (χ4n) is 9.75. The summed E-state index contributed by atoms with van der Waals surface area (Å²) in [5.41, 5.74) is 10.6. The van der Waals surface area contributed by atoms with Crippen molar-refractivity contribution in [3.05, 3.63) is 199 Å². The summed E-state index contributed by atoms with van der Waals surface area (Å²) >= 11 is 0. The zero-order chi connectivity index (χ0) is 39.2. The van der Waals surface area contributed by atoms with Crippen LogP contribution in [0.5, 0.6) is 0 Å². The van der Waals surface area contributed by atoms with E-state index < -0.39 is 0 Å². The van der Waals surface area contributed by atoms with Crippen LogP contribution in [-0.4, -0.2) is 15.0 Å². The fraction of sp³-hybridized carbons (Fsp3) is 0.0536. The van der Waals surface area contributed by atoms with Crippen molar-refractivity contribution >= 4 is 53.9 Å². The normalized spacial score (nSPS) is 13.1. The van der Waals surface area contributed by atoms with Gasteiger partial charge in [-0.25, -0.2) is 15.0 Å². The Morgan fingerprint density at radius 3 is 1.39 bits per heavy atom. The molecule has 11 aromatic rings. The topological polar surface area (TPSA) is 38.7 Å². The largest absolute Gasteiger partial charge is 0.208 e. The van der Waals surface area contributed by atoms with Gasteiger partial charge in [-0.2, -0.15) is 0 Å². The summed E-state index contributed by atoms with van der Waals surface area (Å²) < 4.78 is 0. The van der Waals surface area contributed by atoms with Crippen molar-refractivity contribution < 1.29 is 0 Å². The van der Waals surface area contributed by atoms with E-state index in [2.05, 4.69) is 202 Å². The van der Waals surface area contributed by atoms with E-state index in [1.54, 1.807) is 0 Å². The molecule has 0 amide bonds. The van der Waals surface area contributed by atoms with Crippen LogP contribution in [0.3, 0.4) is 0 Å². The second-order valence-electron chi connectivity index (χ2n) is 16.4. The van der Waals surface area contributed by atoms with E-state index in [-0.39, 0.29) is 5.41 Å². The summed E-state index contributed by atoms with van der Waals surface area (Å²) in [5.74, 6) is 1.95. The van der Waals surface area contributed by atoms with Crippen molar-refractivity contribution in [2.24, 2.45) is 0 Å². The van der Waals surface area contributed by atoms with Crippen molar-refractivity contribution in [1.82, 2.24) is 15.0 Å². The first-order valence-corrected chi connectivity index (χ1v) is 20.4. The Bertz CT molecular complexity index is 3410. The molecule has 10 aromatic carbocycles. The number of nitrogens with zero attached hydrogens (tertiary/aromatic N) is 3. The summed E-state index contributed by atoms with van der Waals surface area (Å²) in [6, 6.07) is 67.9. The van der Waals surface area contributed by atoms with E-state index in [1.165, 1.54) is 49.4 Å². The Labute approximate surface area is 342 Å². The van der Waals surface area contributed by atoms with Gasteiger partial charge in [0.05, 0.1) is 0 Å². The predicted octanol–water partition coefficient (Wildman–Crippen LogP) is 14.6. The number of hydrogen-bond acceptors (Lipinski definition) is 3. The maximum Gasteiger partial charge on any atom is 0.164 e. The molecule has 1 heterocycles. The third-order valence-corrected chi connectivity index (χ3v) is 12.7. The molecular formula is C56H37N3. The second-order valence-corrected chi connectivity index (χ2v) is 16.4. The minimum absolute atomic E-state index is 0.0818. The third-order valence-electron chi connectivity index (χ3n) is 12.7. The molecule has 0 aliphatic heterocycles. The van der Waals surface area contributed by atoms with Gasteiger partial charge in [0.1, 0.15) is 0 Å². The number of aromatic nitrogens is 3. The lowest BCUT2D eigenvalue weighted by Crippen LogP contribution is -2.14. The summed E-state index contributed by atoms with van der Waals surface area (Å²) in [6.45, 7) is 4.68. The second kappa shape index (κ2) is 12.8. The number of rotatable bonds is 4. The molecule has 3 nitrogen and oxygen atoms in total. The Morgan fingerprint density at radius 2 is 0.746 bits per heavy atom. The predicted molar refractivity (Wildman–Crippen MR) is 247 cm³/mol. The van der Waals surface area contributed by atoms with E-state index in [9.17, 15) is 0 Å². The van der Waals surface area contributed by atoms with Gasteiger partial charge in [-0.15, -0.1) is 0 Å². The maximum absolute atomic E-state index is 5.42. The molecule has 0 N–H and O–H groups in total. The van der Waals surface area contributed by atoms with Crippen molar-refractivity contribution in [2.75, 3.05) is 0 Å². The van der Waals surface area contributed by atoms with Gasteiger partial charge in [-0.05, 0) is 112 Å². The lowest BCUT2D eigenvalue weighted by Gasteiger charge is -2.22. The van der Waals surface area contributed by atoms with E-state index in [4.69, 9.17) is 15.0 Å². The monoisotopic (exact) mass is 751 g/mol. The van der Waals surface area contributed by atoms with Gasteiger partial charge in [0.15, 0.2) is 17.5 Å². The van der Waals surface area contributed by atoms with Crippen LogP contribution in [0, 0.1) is 0 Å². The molecule has 0 bridgehead atoms. The maximum atomic E-state index is 5.42. The van der Waals surface area contributed by atoms with Crippen LogP contribution in [0.1, 0.15) is 25.0 Å². The molecule has 0 saturated carbocycles. The van der Waals surface area contributed by atoms with Gasteiger partial charge in [0.2, 0.25) is 0 Å². The number of fused-ring (bicyclic) bond motifs is 10. The Kier molecular flexibility index (Phi) is 7.27. The number of hydrogen-bond donors (Lipinski definition) is 0. The lowest BCUT2D eigenvalue weighted by molar-refractivity contribution is 0.660. The van der Waals surface area contributed by atoms with Crippen LogP contribution < -0.4 is 0 Å².